The summed E-state index contributed by atoms with van der Waals surface area (Å²) < 4.78 is 0. The molecule has 0 aliphatic carbocycles. The van der Waals surface area contributed by atoms with Crippen LogP contribution in [0.25, 0.3) is 0 Å². The first-order chi connectivity index (χ1) is 8.86. The lowest BCUT2D eigenvalue weighted by Gasteiger charge is -2.20. The zero-order valence-electron chi connectivity index (χ0n) is 10.0. The van der Waals surface area contributed by atoms with Crippen molar-refractivity contribution in [2.75, 3.05) is 23.4 Å². The van der Waals surface area contributed by atoms with Gasteiger partial charge in [-0.3, -0.25) is 4.79 Å². The predicted molar refractivity (Wildman–Crippen MR) is 69.0 cm³/mol. The smallest absolute Gasteiger partial charge is 0.256 e. The third-order valence-electron chi connectivity index (χ3n) is 2.53. The lowest BCUT2D eigenvalue weighted by atomic mass is 10.1. The summed E-state index contributed by atoms with van der Waals surface area (Å²) in [5.74, 6) is -0.941. The van der Waals surface area contributed by atoms with Crippen LogP contribution in [0.5, 0.6) is 0 Å². The molecule has 0 heterocycles. The molecule has 1 aromatic carbocycles. The third kappa shape index (κ3) is 3.80. The average molecular weight is 271 g/mol. The number of nitrogen functional groups attached to an aromatic ring is 2. The summed E-state index contributed by atoms with van der Waals surface area (Å²) in [6.07, 6.45) is -5.30. The van der Waals surface area contributed by atoms with Crippen molar-refractivity contribution in [3.05, 3.63) is 18.2 Å². The maximum absolute atomic E-state index is 11.6. The Bertz CT molecular complexity index is 454. The van der Waals surface area contributed by atoms with Crippen molar-refractivity contribution in [2.45, 2.75) is 18.3 Å². The largest absolute Gasteiger partial charge is 0.397 e. The van der Waals surface area contributed by atoms with E-state index in [1.807, 2.05) is 0 Å². The van der Waals surface area contributed by atoms with Crippen LogP contribution in [0.2, 0.25) is 0 Å². The van der Waals surface area contributed by atoms with E-state index in [4.69, 9.17) is 21.7 Å². The monoisotopic (exact) mass is 271 g/mol. The SMILES string of the molecule is Nc1ccc(NC(=O)[C@H](O)[C@H](O)[C@H](O)CO)cc1N. The summed E-state index contributed by atoms with van der Waals surface area (Å²) in [5, 5.41) is 38.9. The van der Waals surface area contributed by atoms with Crippen molar-refractivity contribution in [3.63, 3.8) is 0 Å². The first-order valence-corrected chi connectivity index (χ1v) is 5.47. The Hall–Kier alpha value is -1.87. The van der Waals surface area contributed by atoms with Gasteiger partial charge in [-0.15, -0.1) is 0 Å². The van der Waals surface area contributed by atoms with E-state index < -0.39 is 30.8 Å². The number of nitrogens with two attached hydrogens (primary N) is 2. The Morgan fingerprint density at radius 1 is 1.21 bits per heavy atom. The average Bonchev–Trinajstić information content (AvgIpc) is 2.40. The second-order valence-electron chi connectivity index (χ2n) is 4.02. The highest BCUT2D eigenvalue weighted by atomic mass is 16.4. The van der Waals surface area contributed by atoms with Gasteiger partial charge in [0.15, 0.2) is 6.10 Å². The van der Waals surface area contributed by atoms with E-state index in [2.05, 4.69) is 5.32 Å². The Labute approximate surface area is 109 Å². The van der Waals surface area contributed by atoms with E-state index in [9.17, 15) is 15.0 Å². The summed E-state index contributed by atoms with van der Waals surface area (Å²) in [4.78, 5) is 11.6. The lowest BCUT2D eigenvalue weighted by molar-refractivity contribution is -0.137. The summed E-state index contributed by atoms with van der Waals surface area (Å²) in [7, 11) is 0. The van der Waals surface area contributed by atoms with Gasteiger partial charge in [0.05, 0.1) is 18.0 Å². The van der Waals surface area contributed by atoms with Crippen molar-refractivity contribution in [2.24, 2.45) is 0 Å². The number of carbonyl (C=O) groups excluding carboxylic acids is 1. The molecule has 8 nitrogen and oxygen atoms in total. The molecule has 0 fully saturated rings. The molecule has 0 bridgehead atoms. The number of aliphatic hydroxyl groups excluding tert-OH is 4. The van der Waals surface area contributed by atoms with Gasteiger partial charge in [-0.05, 0) is 18.2 Å². The molecule has 0 unspecified atom stereocenters. The summed E-state index contributed by atoms with van der Waals surface area (Å²) >= 11 is 0. The Morgan fingerprint density at radius 3 is 2.37 bits per heavy atom. The fraction of sp³-hybridized carbons (Fsp3) is 0.364. The van der Waals surface area contributed by atoms with E-state index in [1.54, 1.807) is 0 Å². The van der Waals surface area contributed by atoms with Crippen LogP contribution in [0.1, 0.15) is 0 Å². The van der Waals surface area contributed by atoms with Crippen molar-refractivity contribution in [1.29, 1.82) is 0 Å². The van der Waals surface area contributed by atoms with Crippen LogP contribution in [-0.4, -0.2) is 51.3 Å². The zero-order chi connectivity index (χ0) is 14.6. The van der Waals surface area contributed by atoms with E-state index in [0.717, 1.165) is 0 Å². The van der Waals surface area contributed by atoms with Crippen LogP contribution in [-0.2, 0) is 4.79 Å². The highest BCUT2D eigenvalue weighted by Gasteiger charge is 2.29. The molecule has 19 heavy (non-hydrogen) atoms. The minimum atomic E-state index is -1.89. The van der Waals surface area contributed by atoms with Crippen LogP contribution in [0.15, 0.2) is 18.2 Å². The van der Waals surface area contributed by atoms with Crippen LogP contribution in [0.4, 0.5) is 17.1 Å². The molecule has 1 aromatic rings. The number of carbonyl (C=O) groups is 1. The van der Waals surface area contributed by atoms with Crippen LogP contribution >= 0.6 is 0 Å². The first-order valence-electron chi connectivity index (χ1n) is 5.47. The second kappa shape index (κ2) is 6.34. The summed E-state index contributed by atoms with van der Waals surface area (Å²) in [6.45, 7) is -0.777. The van der Waals surface area contributed by atoms with E-state index in [1.165, 1.54) is 18.2 Å². The van der Waals surface area contributed by atoms with Crippen molar-refractivity contribution in [1.82, 2.24) is 0 Å². The van der Waals surface area contributed by atoms with Crippen molar-refractivity contribution in [3.8, 4) is 0 Å². The minimum absolute atomic E-state index is 0.253. The van der Waals surface area contributed by atoms with Gasteiger partial charge in [0.25, 0.3) is 5.91 Å². The molecule has 0 saturated heterocycles. The second-order valence-corrected chi connectivity index (χ2v) is 4.02. The first kappa shape index (κ1) is 15.2. The number of aliphatic hydroxyl groups is 4. The molecule has 1 amide bonds. The zero-order valence-corrected chi connectivity index (χ0v) is 10.0. The van der Waals surface area contributed by atoms with Gasteiger partial charge in [0, 0.05) is 5.69 Å². The summed E-state index contributed by atoms with van der Waals surface area (Å²) in [6, 6.07) is 4.32. The highest BCUT2D eigenvalue weighted by Crippen LogP contribution is 2.19. The van der Waals surface area contributed by atoms with Gasteiger partial charge < -0.3 is 37.2 Å². The van der Waals surface area contributed by atoms with Gasteiger partial charge in [-0.1, -0.05) is 0 Å². The molecule has 3 atom stereocenters. The highest BCUT2D eigenvalue weighted by molar-refractivity contribution is 5.95. The fourth-order valence-corrected chi connectivity index (χ4v) is 1.34. The molecule has 0 aliphatic rings. The van der Waals surface area contributed by atoms with Gasteiger partial charge in [0.1, 0.15) is 12.2 Å². The number of hydrogen-bond acceptors (Lipinski definition) is 7. The molecule has 0 aromatic heterocycles. The van der Waals surface area contributed by atoms with E-state index >= 15 is 0 Å². The third-order valence-corrected chi connectivity index (χ3v) is 2.53. The standard InChI is InChI=1S/C11H17N3O5/c12-6-2-1-5(3-7(6)13)14-11(19)10(18)9(17)8(16)4-15/h1-3,8-10,15-18H,4,12-13H2,(H,14,19)/t8-,9-,10-/m1/s1. The van der Waals surface area contributed by atoms with Crippen LogP contribution in [0, 0.1) is 0 Å². The number of rotatable bonds is 5. The van der Waals surface area contributed by atoms with E-state index in [-0.39, 0.29) is 11.4 Å². The van der Waals surface area contributed by atoms with Gasteiger partial charge >= 0.3 is 0 Å². The molecule has 0 radical (unpaired) electrons. The molecular formula is C11H17N3O5. The fourth-order valence-electron chi connectivity index (χ4n) is 1.34. The lowest BCUT2D eigenvalue weighted by Crippen LogP contribution is -2.46. The summed E-state index contributed by atoms with van der Waals surface area (Å²) in [5.41, 5.74) is 11.9. The molecule has 0 aliphatic heterocycles. The topological polar surface area (TPSA) is 162 Å². The Kier molecular flexibility index (Phi) is 5.07. The van der Waals surface area contributed by atoms with Gasteiger partial charge in [-0.2, -0.15) is 0 Å². The number of anilines is 3. The van der Waals surface area contributed by atoms with Crippen LogP contribution in [0.3, 0.4) is 0 Å². The maximum Gasteiger partial charge on any atom is 0.256 e. The number of amides is 1. The normalized spacial score (nSPS) is 15.6. The Morgan fingerprint density at radius 2 is 1.84 bits per heavy atom. The molecule has 1 rings (SSSR count). The Balaban J connectivity index is 2.71. The maximum atomic E-state index is 11.6. The van der Waals surface area contributed by atoms with Crippen molar-refractivity contribution < 1.29 is 25.2 Å². The molecule has 0 spiro atoms. The number of hydrogen-bond donors (Lipinski definition) is 7. The van der Waals surface area contributed by atoms with Gasteiger partial charge in [-0.25, -0.2) is 0 Å². The van der Waals surface area contributed by atoms with Crippen LogP contribution < -0.4 is 16.8 Å². The van der Waals surface area contributed by atoms with Crippen molar-refractivity contribution >= 4 is 23.0 Å². The minimum Gasteiger partial charge on any atom is -0.397 e. The van der Waals surface area contributed by atoms with E-state index in [0.29, 0.717) is 5.69 Å². The molecule has 0 saturated carbocycles. The van der Waals surface area contributed by atoms with Gasteiger partial charge in [0.2, 0.25) is 0 Å². The molecule has 9 N–H and O–H groups in total. The number of benzene rings is 1. The number of nitrogens with one attached hydrogen (secondary N) is 1. The molecule has 106 valence electrons. The molecule has 8 heteroatoms. The predicted octanol–water partition coefficient (Wildman–Crippen LogP) is -2.14. The molecular weight excluding hydrogens is 254 g/mol. The quantitative estimate of drug-likeness (QED) is 0.301.